The van der Waals surface area contributed by atoms with E-state index in [1.54, 1.807) is 11.3 Å². The minimum absolute atomic E-state index is 0.773. The van der Waals surface area contributed by atoms with Gasteiger partial charge in [-0.15, -0.1) is 0 Å². The number of thiophene rings is 1. The van der Waals surface area contributed by atoms with Gasteiger partial charge < -0.3 is 9.47 Å². The van der Waals surface area contributed by atoms with Crippen LogP contribution in [0.4, 0.5) is 0 Å². The standard InChI is InChI=1S/C24H24ClN3S/c25-21-4-5-24-22(13-21)23(16-28(24)10-9-27-7-2-1-3-8-27)20-12-19(14-26-15-20)18-6-11-29-17-18/h4-6,11-17H,1-3,7-10H2. The molecule has 0 spiro atoms. The first-order valence-corrected chi connectivity index (χ1v) is 11.6. The third kappa shape index (κ3) is 3.97. The summed E-state index contributed by atoms with van der Waals surface area (Å²) in [4.78, 5) is 7.12. The Morgan fingerprint density at radius 1 is 0.931 bits per heavy atom. The van der Waals surface area contributed by atoms with Crippen molar-refractivity contribution in [2.75, 3.05) is 19.6 Å². The van der Waals surface area contributed by atoms with Gasteiger partial charge in [-0.2, -0.15) is 11.3 Å². The first kappa shape index (κ1) is 18.9. The van der Waals surface area contributed by atoms with Crippen molar-refractivity contribution in [1.82, 2.24) is 14.5 Å². The highest BCUT2D eigenvalue weighted by Crippen LogP contribution is 2.34. The number of benzene rings is 1. The summed E-state index contributed by atoms with van der Waals surface area (Å²) in [5.74, 6) is 0. The van der Waals surface area contributed by atoms with Gasteiger partial charge in [0.2, 0.25) is 0 Å². The van der Waals surface area contributed by atoms with E-state index in [1.807, 2.05) is 18.5 Å². The molecule has 0 saturated carbocycles. The van der Waals surface area contributed by atoms with Crippen LogP contribution in [-0.2, 0) is 6.54 Å². The summed E-state index contributed by atoms with van der Waals surface area (Å²) in [6, 6.07) is 10.6. The fourth-order valence-corrected chi connectivity index (χ4v) is 5.13. The zero-order chi connectivity index (χ0) is 19.6. The van der Waals surface area contributed by atoms with Gasteiger partial charge in [0.05, 0.1) is 0 Å². The zero-order valence-electron chi connectivity index (χ0n) is 16.4. The van der Waals surface area contributed by atoms with Crippen molar-refractivity contribution in [3.05, 3.63) is 64.7 Å². The minimum Gasteiger partial charge on any atom is -0.346 e. The lowest BCUT2D eigenvalue weighted by Crippen LogP contribution is -2.32. The monoisotopic (exact) mass is 421 g/mol. The van der Waals surface area contributed by atoms with Gasteiger partial charge in [-0.25, -0.2) is 0 Å². The smallest absolute Gasteiger partial charge is 0.0488 e. The SMILES string of the molecule is Clc1ccc2c(c1)c(-c1cncc(-c3ccsc3)c1)cn2CCN1CCCCC1. The summed E-state index contributed by atoms with van der Waals surface area (Å²) in [7, 11) is 0. The highest BCUT2D eigenvalue weighted by Gasteiger charge is 2.14. The molecule has 5 heteroatoms. The second kappa shape index (κ2) is 8.31. The zero-order valence-corrected chi connectivity index (χ0v) is 17.9. The largest absolute Gasteiger partial charge is 0.346 e. The second-order valence-electron chi connectivity index (χ2n) is 7.77. The van der Waals surface area contributed by atoms with E-state index in [0.717, 1.165) is 29.2 Å². The van der Waals surface area contributed by atoms with Crippen LogP contribution < -0.4 is 0 Å². The molecule has 0 radical (unpaired) electrons. The van der Waals surface area contributed by atoms with E-state index < -0.39 is 0 Å². The molecule has 1 aromatic carbocycles. The Bertz CT molecular complexity index is 1110. The molecule has 3 nitrogen and oxygen atoms in total. The second-order valence-corrected chi connectivity index (χ2v) is 8.99. The van der Waals surface area contributed by atoms with E-state index in [0.29, 0.717) is 0 Å². The van der Waals surface area contributed by atoms with E-state index in [2.05, 4.69) is 55.7 Å². The third-order valence-corrected chi connectivity index (χ3v) is 6.77. The van der Waals surface area contributed by atoms with Crippen LogP contribution in [-0.4, -0.2) is 34.1 Å². The highest BCUT2D eigenvalue weighted by molar-refractivity contribution is 7.08. The van der Waals surface area contributed by atoms with Gasteiger partial charge in [-0.1, -0.05) is 18.0 Å². The van der Waals surface area contributed by atoms with Crippen molar-refractivity contribution in [2.45, 2.75) is 25.8 Å². The Morgan fingerprint density at radius 3 is 2.62 bits per heavy atom. The molecular weight excluding hydrogens is 398 g/mol. The van der Waals surface area contributed by atoms with Gasteiger partial charge in [-0.05, 0) is 72.6 Å². The number of hydrogen-bond donors (Lipinski definition) is 0. The third-order valence-electron chi connectivity index (χ3n) is 5.85. The summed E-state index contributed by atoms with van der Waals surface area (Å²) >= 11 is 8.08. The molecule has 1 aliphatic heterocycles. The number of hydrogen-bond acceptors (Lipinski definition) is 3. The fourth-order valence-electron chi connectivity index (χ4n) is 4.29. The molecule has 1 saturated heterocycles. The van der Waals surface area contributed by atoms with Crippen LogP contribution in [0.3, 0.4) is 0 Å². The van der Waals surface area contributed by atoms with Crippen LogP contribution >= 0.6 is 22.9 Å². The van der Waals surface area contributed by atoms with E-state index in [9.17, 15) is 0 Å². The summed E-state index contributed by atoms with van der Waals surface area (Å²) in [5, 5.41) is 6.24. The number of halogens is 1. The van der Waals surface area contributed by atoms with E-state index in [4.69, 9.17) is 11.6 Å². The van der Waals surface area contributed by atoms with Gasteiger partial charge in [0.1, 0.15) is 0 Å². The van der Waals surface area contributed by atoms with E-state index in [1.165, 1.54) is 54.4 Å². The summed E-state index contributed by atoms with van der Waals surface area (Å²) < 4.78 is 2.38. The van der Waals surface area contributed by atoms with Crippen molar-refractivity contribution in [1.29, 1.82) is 0 Å². The van der Waals surface area contributed by atoms with Crippen molar-refractivity contribution in [3.8, 4) is 22.3 Å². The molecule has 29 heavy (non-hydrogen) atoms. The van der Waals surface area contributed by atoms with Crippen LogP contribution in [0.2, 0.25) is 5.02 Å². The van der Waals surface area contributed by atoms with Gasteiger partial charge in [-0.3, -0.25) is 4.98 Å². The van der Waals surface area contributed by atoms with Gasteiger partial charge in [0.15, 0.2) is 0 Å². The molecule has 5 rings (SSSR count). The molecule has 1 fully saturated rings. The topological polar surface area (TPSA) is 21.1 Å². The molecule has 0 N–H and O–H groups in total. The maximum atomic E-state index is 6.37. The van der Waals surface area contributed by atoms with E-state index in [-0.39, 0.29) is 0 Å². The van der Waals surface area contributed by atoms with E-state index >= 15 is 0 Å². The molecule has 3 aromatic heterocycles. The lowest BCUT2D eigenvalue weighted by Gasteiger charge is -2.26. The maximum Gasteiger partial charge on any atom is 0.0488 e. The lowest BCUT2D eigenvalue weighted by atomic mass is 10.0. The van der Waals surface area contributed by atoms with Gasteiger partial charge in [0, 0.05) is 64.3 Å². The van der Waals surface area contributed by atoms with Crippen LogP contribution in [0.25, 0.3) is 33.2 Å². The van der Waals surface area contributed by atoms with Crippen LogP contribution in [0, 0.1) is 0 Å². The Hall–Kier alpha value is -2.14. The van der Waals surface area contributed by atoms with Crippen LogP contribution in [0.5, 0.6) is 0 Å². The molecule has 1 aliphatic rings. The number of fused-ring (bicyclic) bond motifs is 1. The molecule has 4 heterocycles. The Balaban J connectivity index is 1.52. The summed E-state index contributed by atoms with van der Waals surface area (Å²) in [5.41, 5.74) is 5.95. The number of likely N-dealkylation sites (tertiary alicyclic amines) is 1. The van der Waals surface area contributed by atoms with Crippen LogP contribution in [0.15, 0.2) is 59.7 Å². The first-order valence-electron chi connectivity index (χ1n) is 10.3. The predicted octanol–water partition coefficient (Wildman–Crippen LogP) is 6.57. The average molecular weight is 422 g/mol. The van der Waals surface area contributed by atoms with Crippen molar-refractivity contribution in [2.24, 2.45) is 0 Å². The molecule has 0 atom stereocenters. The van der Waals surface area contributed by atoms with Crippen molar-refractivity contribution in [3.63, 3.8) is 0 Å². The number of rotatable bonds is 5. The molecule has 0 bridgehead atoms. The average Bonchev–Trinajstić information content (AvgIpc) is 3.41. The quantitative estimate of drug-likeness (QED) is 0.363. The normalized spacial score (nSPS) is 15.2. The maximum absolute atomic E-state index is 6.37. The number of aromatic nitrogens is 2. The summed E-state index contributed by atoms with van der Waals surface area (Å²) in [6.45, 7) is 4.55. The molecule has 4 aromatic rings. The fraction of sp³-hybridized carbons (Fsp3) is 0.292. The Labute approximate surface area is 180 Å². The minimum atomic E-state index is 0.773. The molecule has 0 unspecified atom stereocenters. The van der Waals surface area contributed by atoms with Gasteiger partial charge >= 0.3 is 0 Å². The molecule has 148 valence electrons. The molecule has 0 aliphatic carbocycles. The number of nitrogens with zero attached hydrogens (tertiary/aromatic N) is 3. The first-order chi connectivity index (χ1) is 14.3. The van der Waals surface area contributed by atoms with Crippen LogP contribution in [0.1, 0.15) is 19.3 Å². The lowest BCUT2D eigenvalue weighted by molar-refractivity contribution is 0.222. The summed E-state index contributed by atoms with van der Waals surface area (Å²) in [6.07, 6.45) is 10.2. The Kier molecular flexibility index (Phi) is 5.40. The highest BCUT2D eigenvalue weighted by atomic mass is 35.5. The number of piperidine rings is 1. The van der Waals surface area contributed by atoms with Gasteiger partial charge in [0.25, 0.3) is 0 Å². The van der Waals surface area contributed by atoms with Crippen molar-refractivity contribution < 1.29 is 0 Å². The molecular formula is C24H24ClN3S. The Morgan fingerprint density at radius 2 is 1.79 bits per heavy atom. The predicted molar refractivity (Wildman–Crippen MR) is 124 cm³/mol. The van der Waals surface area contributed by atoms with Crippen molar-refractivity contribution >= 4 is 33.8 Å². The molecule has 0 amide bonds. The number of pyridine rings is 1.